The molecule has 0 radical (unpaired) electrons. The van der Waals surface area contributed by atoms with Gasteiger partial charge < -0.3 is 24.8 Å². The Kier molecular flexibility index (Phi) is 8.48. The van der Waals surface area contributed by atoms with Gasteiger partial charge in [-0.15, -0.1) is 0 Å². The van der Waals surface area contributed by atoms with Crippen LogP contribution in [0.3, 0.4) is 0 Å². The molecule has 0 nitrogen and oxygen atoms in total. The summed E-state index contributed by atoms with van der Waals surface area (Å²) in [5.74, 6) is 0. The maximum absolute atomic E-state index is 2.51. The van der Waals surface area contributed by atoms with Crippen molar-refractivity contribution in [3.05, 3.63) is 104 Å². The van der Waals surface area contributed by atoms with Crippen LogP contribution in [-0.4, -0.2) is 0 Å². The minimum absolute atomic E-state index is 0. The standard InChI is InChI=1S/C21H25.C11H9.2ClH.Zr/c1-20(2,3)16-7-9-18-14(12-16)11-15-13-17(21(4,5)6)8-10-19(15)18;1-2-6-10(7-3-1)11-8-4-5-9-11;;;/h7-10,12H,11H2,1-6H3;1-3,6-9H,4H2;2*1H;/q;;;;+2/p-2. The molecule has 5 rings (SSSR count). The first-order valence-corrected chi connectivity index (χ1v) is 14.6. The number of allylic oxidation sites excluding steroid dienone is 4. The predicted molar refractivity (Wildman–Crippen MR) is 139 cm³/mol. The van der Waals surface area contributed by atoms with Crippen molar-refractivity contribution in [1.82, 2.24) is 0 Å². The average Bonchev–Trinajstić information content (AvgIpc) is 3.37. The molecule has 2 aliphatic carbocycles. The summed E-state index contributed by atoms with van der Waals surface area (Å²) in [7, 11) is 0. The molecule has 2 aliphatic rings. The van der Waals surface area contributed by atoms with Crippen LogP contribution in [0.5, 0.6) is 0 Å². The van der Waals surface area contributed by atoms with Crippen LogP contribution in [0, 0.1) is 0 Å². The van der Waals surface area contributed by atoms with E-state index in [9.17, 15) is 0 Å². The Bertz CT molecular complexity index is 1290. The van der Waals surface area contributed by atoms with Gasteiger partial charge in [0, 0.05) is 0 Å². The number of hydrogen-bond donors (Lipinski definition) is 0. The van der Waals surface area contributed by atoms with Gasteiger partial charge in [-0.2, -0.15) is 0 Å². The SMILES string of the molecule is CC(C)(C)c1ccc2c(c1)Cc1c-2ccc(C(C)(C)C)[c]1[Zr+2][C]1=CC(c2ccccc2)=CC1.[Cl-].[Cl-]. The first-order chi connectivity index (χ1) is 15.6. The summed E-state index contributed by atoms with van der Waals surface area (Å²) in [6.07, 6.45) is 7.18. The molecule has 0 heterocycles. The number of hydrogen-bond acceptors (Lipinski definition) is 0. The van der Waals surface area contributed by atoms with Gasteiger partial charge >= 0.3 is 212 Å². The second kappa shape index (κ2) is 10.5. The van der Waals surface area contributed by atoms with Crippen LogP contribution >= 0.6 is 0 Å². The summed E-state index contributed by atoms with van der Waals surface area (Å²) in [6.45, 7) is 14.1. The summed E-state index contributed by atoms with van der Waals surface area (Å²) < 4.78 is 3.42. The molecule has 0 spiro atoms. The number of fused-ring (bicyclic) bond motifs is 3. The van der Waals surface area contributed by atoms with Gasteiger partial charge in [-0.3, -0.25) is 0 Å². The molecule has 3 heteroatoms. The van der Waals surface area contributed by atoms with Crippen molar-refractivity contribution in [2.75, 3.05) is 0 Å². The van der Waals surface area contributed by atoms with Crippen LogP contribution in [-0.2, 0) is 40.5 Å². The summed E-state index contributed by atoms with van der Waals surface area (Å²) >= 11 is -0.901. The molecule has 0 saturated heterocycles. The Hall–Kier alpha value is -1.40. The third-order valence-electron chi connectivity index (χ3n) is 7.01. The Labute approximate surface area is 235 Å². The smallest absolute Gasteiger partial charge is 1.00 e. The number of halogens is 2. The molecule has 0 atom stereocenters. The molecular formula is C32H34Cl2Zr. The monoisotopic (exact) mass is 578 g/mol. The van der Waals surface area contributed by atoms with E-state index in [2.05, 4.69) is 114 Å². The molecule has 3 aromatic carbocycles. The normalized spacial score (nSPS) is 14.1. The largest absolute Gasteiger partial charge is 1.00 e. The van der Waals surface area contributed by atoms with Gasteiger partial charge in [-0.25, -0.2) is 0 Å². The minimum atomic E-state index is -0.901. The van der Waals surface area contributed by atoms with Crippen LogP contribution in [0.25, 0.3) is 16.7 Å². The third kappa shape index (κ3) is 5.64. The fraction of sp³-hybridized carbons (Fsp3) is 0.312. The van der Waals surface area contributed by atoms with E-state index < -0.39 is 23.2 Å². The fourth-order valence-electron chi connectivity index (χ4n) is 5.12. The van der Waals surface area contributed by atoms with Crippen molar-refractivity contribution in [2.24, 2.45) is 0 Å². The summed E-state index contributed by atoms with van der Waals surface area (Å²) in [4.78, 5) is 0. The maximum Gasteiger partial charge on any atom is -1.00 e. The number of rotatable bonds is 3. The van der Waals surface area contributed by atoms with E-state index >= 15 is 0 Å². The molecule has 0 aliphatic heterocycles. The van der Waals surface area contributed by atoms with Crippen molar-refractivity contribution < 1.29 is 48.0 Å². The molecule has 0 bridgehead atoms. The van der Waals surface area contributed by atoms with Crippen LogP contribution < -0.4 is 28.1 Å². The summed E-state index contributed by atoms with van der Waals surface area (Å²) in [5.41, 5.74) is 12.2. The Balaban J connectivity index is 0.00000171. The summed E-state index contributed by atoms with van der Waals surface area (Å²) in [6, 6.07) is 22.9. The van der Waals surface area contributed by atoms with E-state index in [1.807, 2.05) is 0 Å². The van der Waals surface area contributed by atoms with Crippen molar-refractivity contribution in [3.63, 3.8) is 0 Å². The van der Waals surface area contributed by atoms with Crippen LogP contribution in [0.15, 0.2) is 76.1 Å². The van der Waals surface area contributed by atoms with E-state index in [4.69, 9.17) is 0 Å². The average molecular weight is 581 g/mol. The van der Waals surface area contributed by atoms with Crippen LogP contribution in [0.1, 0.15) is 75.8 Å². The fourth-order valence-corrected chi connectivity index (χ4v) is 9.34. The Morgan fingerprint density at radius 3 is 2.09 bits per heavy atom. The minimum Gasteiger partial charge on any atom is -1.00 e. The van der Waals surface area contributed by atoms with Gasteiger partial charge in [0.25, 0.3) is 0 Å². The maximum atomic E-state index is 2.51. The second-order valence-electron chi connectivity index (χ2n) is 11.6. The first-order valence-electron chi connectivity index (χ1n) is 12.1. The molecule has 0 N–H and O–H groups in total. The van der Waals surface area contributed by atoms with Crippen molar-refractivity contribution >= 4 is 8.84 Å². The topological polar surface area (TPSA) is 0 Å². The van der Waals surface area contributed by atoms with E-state index in [-0.39, 0.29) is 35.6 Å². The Morgan fingerprint density at radius 1 is 0.743 bits per heavy atom. The van der Waals surface area contributed by atoms with Gasteiger partial charge in [0.2, 0.25) is 0 Å². The van der Waals surface area contributed by atoms with Gasteiger partial charge in [0.1, 0.15) is 0 Å². The molecule has 35 heavy (non-hydrogen) atoms. The van der Waals surface area contributed by atoms with Gasteiger partial charge in [-0.1, -0.05) is 0 Å². The molecule has 0 unspecified atom stereocenters. The predicted octanol–water partition coefficient (Wildman–Crippen LogP) is 1.94. The molecule has 0 aromatic heterocycles. The van der Waals surface area contributed by atoms with E-state index in [1.54, 1.807) is 17.7 Å². The van der Waals surface area contributed by atoms with Crippen molar-refractivity contribution in [3.8, 4) is 11.1 Å². The summed E-state index contributed by atoms with van der Waals surface area (Å²) in [5, 5.41) is 0. The second-order valence-corrected chi connectivity index (χ2v) is 15.0. The number of benzene rings is 3. The zero-order valence-corrected chi connectivity index (χ0v) is 25.6. The van der Waals surface area contributed by atoms with Gasteiger partial charge in [0.05, 0.1) is 0 Å². The van der Waals surface area contributed by atoms with Crippen molar-refractivity contribution in [1.29, 1.82) is 0 Å². The molecule has 0 saturated carbocycles. The Morgan fingerprint density at radius 2 is 1.43 bits per heavy atom. The van der Waals surface area contributed by atoms with Gasteiger partial charge in [-0.05, 0) is 0 Å². The first kappa shape index (κ1) is 28.2. The van der Waals surface area contributed by atoms with E-state index in [1.165, 1.54) is 33.4 Å². The third-order valence-corrected chi connectivity index (χ3v) is 10.7. The van der Waals surface area contributed by atoms with E-state index in [0.29, 0.717) is 0 Å². The quantitative estimate of drug-likeness (QED) is 0.348. The zero-order valence-electron chi connectivity index (χ0n) is 21.6. The molecule has 180 valence electrons. The van der Waals surface area contributed by atoms with Crippen LogP contribution in [0.4, 0.5) is 0 Å². The van der Waals surface area contributed by atoms with E-state index in [0.717, 1.165) is 12.8 Å². The molecule has 0 fully saturated rings. The van der Waals surface area contributed by atoms with Crippen molar-refractivity contribution in [2.45, 2.75) is 65.2 Å². The van der Waals surface area contributed by atoms with Crippen LogP contribution in [0.2, 0.25) is 0 Å². The molecular weight excluding hydrogens is 546 g/mol. The zero-order chi connectivity index (χ0) is 23.4. The molecule has 3 aromatic rings. The molecule has 0 amide bonds. The van der Waals surface area contributed by atoms with Gasteiger partial charge in [0.15, 0.2) is 0 Å².